The van der Waals surface area contributed by atoms with Gasteiger partial charge in [-0.15, -0.1) is 0 Å². The van der Waals surface area contributed by atoms with E-state index in [0.29, 0.717) is 17.5 Å². The van der Waals surface area contributed by atoms with Gasteiger partial charge in [0.05, 0.1) is 16.4 Å². The van der Waals surface area contributed by atoms with Crippen LogP contribution in [-0.2, 0) is 6.54 Å². The molecule has 0 aliphatic heterocycles. The normalized spacial score (nSPS) is 11.3. The molecule has 92 valence electrons. The monoisotopic (exact) mass is 299 g/mol. The Morgan fingerprint density at radius 3 is 2.82 bits per heavy atom. The molecule has 1 aromatic heterocycles. The highest BCUT2D eigenvalue weighted by Crippen LogP contribution is 2.32. The summed E-state index contributed by atoms with van der Waals surface area (Å²) in [7, 11) is 0. The second-order valence-electron chi connectivity index (χ2n) is 4.06. The van der Waals surface area contributed by atoms with Crippen LogP contribution in [0.4, 0.5) is 4.39 Å². The molecule has 0 atom stereocenters. The quantitative estimate of drug-likeness (QED) is 0.858. The maximum absolute atomic E-state index is 13.7. The molecule has 0 saturated heterocycles. The van der Waals surface area contributed by atoms with Gasteiger partial charge in [0.15, 0.2) is 5.58 Å². The van der Waals surface area contributed by atoms with Gasteiger partial charge < -0.3 is 9.73 Å². The molecule has 0 radical (unpaired) electrons. The minimum Gasteiger partial charge on any atom is -0.458 e. The van der Waals surface area contributed by atoms with Gasteiger partial charge in [-0.25, -0.2) is 4.39 Å². The van der Waals surface area contributed by atoms with Crippen LogP contribution in [0.15, 0.2) is 21.0 Å². The van der Waals surface area contributed by atoms with E-state index < -0.39 is 0 Å². The molecule has 0 saturated carbocycles. The van der Waals surface area contributed by atoms with E-state index in [1.165, 1.54) is 6.07 Å². The Labute approximate surface area is 108 Å². The zero-order chi connectivity index (χ0) is 12.4. The first kappa shape index (κ1) is 12.6. The van der Waals surface area contributed by atoms with Crippen molar-refractivity contribution in [3.8, 4) is 0 Å². The Kier molecular flexibility index (Phi) is 3.84. The van der Waals surface area contributed by atoms with Crippen LogP contribution < -0.4 is 5.32 Å². The molecule has 2 nitrogen and oxygen atoms in total. The van der Waals surface area contributed by atoms with E-state index in [4.69, 9.17) is 4.42 Å². The van der Waals surface area contributed by atoms with E-state index in [1.54, 1.807) is 6.07 Å². The topological polar surface area (TPSA) is 25.2 Å². The van der Waals surface area contributed by atoms with Crippen molar-refractivity contribution in [1.82, 2.24) is 5.32 Å². The molecule has 1 N–H and O–H groups in total. The SMILES string of the molecule is CCCNCc1oc2c(Br)ccc(F)c2c1C. The highest BCUT2D eigenvalue weighted by atomic mass is 79.9. The number of nitrogens with one attached hydrogen (secondary N) is 1. The highest BCUT2D eigenvalue weighted by molar-refractivity contribution is 9.10. The summed E-state index contributed by atoms with van der Waals surface area (Å²) in [4.78, 5) is 0. The first-order valence-corrected chi connectivity index (χ1v) is 6.51. The molecule has 0 amide bonds. The fourth-order valence-electron chi connectivity index (χ4n) is 1.87. The predicted octanol–water partition coefficient (Wildman–Crippen LogP) is 4.14. The Bertz CT molecular complexity index is 536. The lowest BCUT2D eigenvalue weighted by molar-refractivity contribution is 0.509. The average molecular weight is 300 g/mol. The van der Waals surface area contributed by atoms with Gasteiger partial charge in [-0.1, -0.05) is 6.92 Å². The molecule has 0 unspecified atom stereocenters. The second-order valence-corrected chi connectivity index (χ2v) is 4.91. The van der Waals surface area contributed by atoms with E-state index in [0.717, 1.165) is 28.8 Å². The van der Waals surface area contributed by atoms with E-state index in [-0.39, 0.29) is 5.82 Å². The highest BCUT2D eigenvalue weighted by Gasteiger charge is 2.15. The van der Waals surface area contributed by atoms with E-state index in [1.807, 2.05) is 6.92 Å². The number of aryl methyl sites for hydroxylation is 1. The summed E-state index contributed by atoms with van der Waals surface area (Å²) in [6, 6.07) is 3.13. The van der Waals surface area contributed by atoms with Crippen molar-refractivity contribution in [1.29, 1.82) is 0 Å². The standard InChI is InChI=1S/C13H15BrFNO/c1-3-6-16-7-11-8(2)12-10(15)5-4-9(14)13(12)17-11/h4-5,16H,3,6-7H2,1-2H3. The Hall–Kier alpha value is -0.870. The summed E-state index contributed by atoms with van der Waals surface area (Å²) >= 11 is 3.38. The first-order valence-electron chi connectivity index (χ1n) is 5.71. The molecule has 1 aromatic carbocycles. The van der Waals surface area contributed by atoms with Gasteiger partial charge in [0.2, 0.25) is 0 Å². The third-order valence-corrected chi connectivity index (χ3v) is 3.41. The van der Waals surface area contributed by atoms with Crippen molar-refractivity contribution in [3.05, 3.63) is 33.7 Å². The minimum absolute atomic E-state index is 0.230. The lowest BCUT2D eigenvalue weighted by Crippen LogP contribution is -2.13. The summed E-state index contributed by atoms with van der Waals surface area (Å²) in [6.07, 6.45) is 1.07. The number of fused-ring (bicyclic) bond motifs is 1. The molecule has 0 bridgehead atoms. The number of halogens is 2. The third-order valence-electron chi connectivity index (χ3n) is 2.79. The smallest absolute Gasteiger partial charge is 0.151 e. The van der Waals surface area contributed by atoms with Gasteiger partial charge >= 0.3 is 0 Å². The maximum atomic E-state index is 13.7. The molecular weight excluding hydrogens is 285 g/mol. The molecule has 0 spiro atoms. The van der Waals surface area contributed by atoms with Gasteiger partial charge in [-0.3, -0.25) is 0 Å². The summed E-state index contributed by atoms with van der Waals surface area (Å²) in [5.74, 6) is 0.574. The molecule has 0 aliphatic carbocycles. The van der Waals surface area contributed by atoms with Gasteiger partial charge in [0, 0.05) is 5.56 Å². The molecule has 2 aromatic rings. The van der Waals surface area contributed by atoms with Crippen molar-refractivity contribution < 1.29 is 8.81 Å². The van der Waals surface area contributed by atoms with Crippen LogP contribution in [0.5, 0.6) is 0 Å². The first-order chi connectivity index (χ1) is 8.15. The second kappa shape index (κ2) is 5.19. The summed E-state index contributed by atoms with van der Waals surface area (Å²) < 4.78 is 20.2. The summed E-state index contributed by atoms with van der Waals surface area (Å²) in [5, 5.41) is 3.84. The maximum Gasteiger partial charge on any atom is 0.151 e. The molecule has 17 heavy (non-hydrogen) atoms. The average Bonchev–Trinajstić information content (AvgIpc) is 2.64. The van der Waals surface area contributed by atoms with Crippen LogP contribution in [0.25, 0.3) is 11.0 Å². The van der Waals surface area contributed by atoms with Crippen molar-refractivity contribution in [3.63, 3.8) is 0 Å². The van der Waals surface area contributed by atoms with Crippen LogP contribution >= 0.6 is 15.9 Å². The van der Waals surface area contributed by atoms with Crippen LogP contribution in [-0.4, -0.2) is 6.54 Å². The van der Waals surface area contributed by atoms with Crippen LogP contribution in [0.1, 0.15) is 24.7 Å². The minimum atomic E-state index is -0.230. The van der Waals surface area contributed by atoms with E-state index in [2.05, 4.69) is 28.2 Å². The van der Waals surface area contributed by atoms with Crippen LogP contribution in [0.3, 0.4) is 0 Å². The predicted molar refractivity (Wildman–Crippen MR) is 70.6 cm³/mol. The van der Waals surface area contributed by atoms with Crippen molar-refractivity contribution in [2.45, 2.75) is 26.8 Å². The van der Waals surface area contributed by atoms with Gasteiger partial charge in [-0.05, 0) is 48.0 Å². The fourth-order valence-corrected chi connectivity index (χ4v) is 2.28. The molecule has 0 aliphatic rings. The van der Waals surface area contributed by atoms with Crippen LogP contribution in [0.2, 0.25) is 0 Å². The zero-order valence-electron chi connectivity index (χ0n) is 9.94. The van der Waals surface area contributed by atoms with E-state index >= 15 is 0 Å². The zero-order valence-corrected chi connectivity index (χ0v) is 11.5. The molecular formula is C13H15BrFNO. The number of furan rings is 1. The lowest BCUT2D eigenvalue weighted by atomic mass is 10.1. The van der Waals surface area contributed by atoms with Crippen molar-refractivity contribution in [2.75, 3.05) is 6.54 Å². The van der Waals surface area contributed by atoms with E-state index in [9.17, 15) is 4.39 Å². The van der Waals surface area contributed by atoms with Gasteiger partial charge in [-0.2, -0.15) is 0 Å². The summed E-state index contributed by atoms with van der Waals surface area (Å²) in [5.41, 5.74) is 1.47. The molecule has 4 heteroatoms. The summed E-state index contributed by atoms with van der Waals surface area (Å²) in [6.45, 7) is 5.57. The molecule has 2 rings (SSSR count). The van der Waals surface area contributed by atoms with Crippen LogP contribution in [0, 0.1) is 12.7 Å². The van der Waals surface area contributed by atoms with Gasteiger partial charge in [0.25, 0.3) is 0 Å². The largest absolute Gasteiger partial charge is 0.458 e. The number of rotatable bonds is 4. The Morgan fingerprint density at radius 1 is 1.41 bits per heavy atom. The molecule has 0 fully saturated rings. The Morgan fingerprint density at radius 2 is 2.18 bits per heavy atom. The third kappa shape index (κ3) is 2.38. The number of hydrogen-bond donors (Lipinski definition) is 1. The number of hydrogen-bond acceptors (Lipinski definition) is 2. The lowest BCUT2D eigenvalue weighted by Gasteiger charge is -2.00. The van der Waals surface area contributed by atoms with Crippen molar-refractivity contribution >= 4 is 26.9 Å². The Balaban J connectivity index is 2.42. The molecule has 1 heterocycles. The number of benzene rings is 1. The van der Waals surface area contributed by atoms with Gasteiger partial charge in [0.1, 0.15) is 11.6 Å². The van der Waals surface area contributed by atoms with Crippen molar-refractivity contribution in [2.24, 2.45) is 0 Å². The fraction of sp³-hybridized carbons (Fsp3) is 0.385.